The molecule has 1 aromatic carbocycles. The van der Waals surface area contributed by atoms with E-state index in [1.807, 2.05) is 12.1 Å². The van der Waals surface area contributed by atoms with Crippen LogP contribution < -0.4 is 10.1 Å². The number of nitrogens with one attached hydrogen (secondary N) is 1. The van der Waals surface area contributed by atoms with Crippen LogP contribution in [0.25, 0.3) is 0 Å². The quantitative estimate of drug-likeness (QED) is 0.357. The van der Waals surface area contributed by atoms with Crippen LogP contribution in [0.2, 0.25) is 0 Å². The number of methoxy groups -OCH3 is 1. The number of ether oxygens (including phenoxy) is 2. The van der Waals surface area contributed by atoms with Gasteiger partial charge in [0.1, 0.15) is 5.75 Å². The van der Waals surface area contributed by atoms with Crippen LogP contribution in [0.5, 0.6) is 5.75 Å². The fraction of sp³-hybridized carbons (Fsp3) is 0.682. The van der Waals surface area contributed by atoms with Crippen LogP contribution >= 0.6 is 24.0 Å². The summed E-state index contributed by atoms with van der Waals surface area (Å²) in [5, 5.41) is 3.50. The average molecular weight is 516 g/mol. The van der Waals surface area contributed by atoms with E-state index in [-0.39, 0.29) is 30.0 Å². The lowest BCUT2D eigenvalue weighted by Gasteiger charge is -2.34. The van der Waals surface area contributed by atoms with E-state index in [9.17, 15) is 0 Å². The summed E-state index contributed by atoms with van der Waals surface area (Å²) < 4.78 is 10.9. The normalized spacial score (nSPS) is 20.8. The largest absolute Gasteiger partial charge is 0.497 e. The maximum atomic E-state index is 5.57. The van der Waals surface area contributed by atoms with Gasteiger partial charge in [-0.2, -0.15) is 0 Å². The van der Waals surface area contributed by atoms with Gasteiger partial charge in [-0.3, -0.25) is 9.89 Å². The predicted molar refractivity (Wildman–Crippen MR) is 129 cm³/mol. The van der Waals surface area contributed by atoms with Crippen LogP contribution in [-0.4, -0.2) is 75.4 Å². The number of likely N-dealkylation sites (tertiary alicyclic amines) is 1. The molecule has 1 aromatic rings. The molecule has 0 amide bonds. The monoisotopic (exact) mass is 516 g/mol. The van der Waals surface area contributed by atoms with E-state index in [1.54, 1.807) is 7.11 Å². The second-order valence-corrected chi connectivity index (χ2v) is 8.47. The van der Waals surface area contributed by atoms with Crippen LogP contribution in [0.15, 0.2) is 29.3 Å². The third-order valence-electron chi connectivity index (χ3n) is 5.71. The van der Waals surface area contributed by atoms with Crippen molar-refractivity contribution in [3.05, 3.63) is 29.8 Å². The zero-order valence-corrected chi connectivity index (χ0v) is 20.6. The van der Waals surface area contributed by atoms with Gasteiger partial charge in [0.2, 0.25) is 0 Å². The molecule has 2 fully saturated rings. The van der Waals surface area contributed by atoms with Crippen molar-refractivity contribution in [2.75, 3.05) is 59.6 Å². The molecule has 2 heterocycles. The molecule has 3 rings (SSSR count). The van der Waals surface area contributed by atoms with Crippen molar-refractivity contribution in [2.24, 2.45) is 10.4 Å². The Bertz CT molecular complexity index is 645. The zero-order valence-electron chi connectivity index (χ0n) is 18.3. The Kier molecular flexibility index (Phi) is 9.49. The van der Waals surface area contributed by atoms with Crippen molar-refractivity contribution >= 4 is 29.9 Å². The number of guanidine groups is 1. The molecular weight excluding hydrogens is 479 g/mol. The Morgan fingerprint density at radius 1 is 1.21 bits per heavy atom. The lowest BCUT2D eigenvalue weighted by atomic mass is 9.93. The van der Waals surface area contributed by atoms with Crippen molar-refractivity contribution in [1.82, 2.24) is 15.1 Å². The maximum absolute atomic E-state index is 5.57. The third kappa shape index (κ3) is 6.72. The molecule has 2 aliphatic rings. The first-order valence-corrected chi connectivity index (χ1v) is 10.5. The summed E-state index contributed by atoms with van der Waals surface area (Å²) in [5.41, 5.74) is 1.64. The van der Waals surface area contributed by atoms with Gasteiger partial charge in [0.15, 0.2) is 5.96 Å². The lowest BCUT2D eigenvalue weighted by molar-refractivity contribution is 0.0179. The summed E-state index contributed by atoms with van der Waals surface area (Å²) in [6, 6.07) is 8.67. The van der Waals surface area contributed by atoms with Crippen LogP contribution in [0, 0.1) is 5.41 Å². The molecule has 2 saturated heterocycles. The zero-order chi connectivity index (χ0) is 20.0. The number of nitrogens with zero attached hydrogens (tertiary/aromatic N) is 3. The molecule has 6 nitrogen and oxygen atoms in total. The minimum Gasteiger partial charge on any atom is -0.497 e. The van der Waals surface area contributed by atoms with Gasteiger partial charge < -0.3 is 19.7 Å². The smallest absolute Gasteiger partial charge is 0.194 e. The van der Waals surface area contributed by atoms with Crippen molar-refractivity contribution in [3.63, 3.8) is 0 Å². The fourth-order valence-corrected chi connectivity index (χ4v) is 4.04. The summed E-state index contributed by atoms with van der Waals surface area (Å²) in [6.45, 7) is 14.0. The van der Waals surface area contributed by atoms with Gasteiger partial charge in [-0.25, -0.2) is 0 Å². The topological polar surface area (TPSA) is 49.3 Å². The molecular formula is C22H37IN4O2. The molecule has 29 heavy (non-hydrogen) atoms. The predicted octanol–water partition coefficient (Wildman–Crippen LogP) is 3.38. The fourth-order valence-electron chi connectivity index (χ4n) is 4.04. The second-order valence-electron chi connectivity index (χ2n) is 8.47. The minimum atomic E-state index is 0. The van der Waals surface area contributed by atoms with E-state index in [0.717, 1.165) is 64.2 Å². The number of aliphatic imine (C=N–C) groups is 1. The van der Waals surface area contributed by atoms with Crippen molar-refractivity contribution in [2.45, 2.75) is 33.2 Å². The molecule has 0 saturated carbocycles. The highest BCUT2D eigenvalue weighted by Crippen LogP contribution is 2.29. The van der Waals surface area contributed by atoms with Gasteiger partial charge in [0, 0.05) is 32.7 Å². The SMILES string of the molecule is CCNC(=NCC(c1ccc(OC)cc1)N1CCOCC1)N1CCC(C)(C)C1.I. The van der Waals surface area contributed by atoms with Crippen molar-refractivity contribution < 1.29 is 9.47 Å². The third-order valence-corrected chi connectivity index (χ3v) is 5.71. The number of hydrogen-bond donors (Lipinski definition) is 1. The van der Waals surface area contributed by atoms with Crippen molar-refractivity contribution in [1.29, 1.82) is 0 Å². The minimum absolute atomic E-state index is 0. The molecule has 7 heteroatoms. The Hall–Kier alpha value is -1.06. The van der Waals surface area contributed by atoms with Crippen LogP contribution in [0.3, 0.4) is 0 Å². The summed E-state index contributed by atoms with van der Waals surface area (Å²) in [6.07, 6.45) is 1.21. The van der Waals surface area contributed by atoms with Gasteiger partial charge in [0.05, 0.1) is 32.9 Å². The van der Waals surface area contributed by atoms with Crippen LogP contribution in [0.4, 0.5) is 0 Å². The maximum Gasteiger partial charge on any atom is 0.194 e. The van der Waals surface area contributed by atoms with Gasteiger partial charge >= 0.3 is 0 Å². The van der Waals surface area contributed by atoms with E-state index < -0.39 is 0 Å². The molecule has 164 valence electrons. The van der Waals surface area contributed by atoms with E-state index in [0.29, 0.717) is 5.41 Å². The number of morpholine rings is 1. The molecule has 1 unspecified atom stereocenters. The van der Waals surface area contributed by atoms with Gasteiger partial charge in [-0.1, -0.05) is 26.0 Å². The van der Waals surface area contributed by atoms with Gasteiger partial charge in [-0.05, 0) is 36.5 Å². The number of rotatable bonds is 6. The second kappa shape index (κ2) is 11.4. The number of halogens is 1. The number of hydrogen-bond acceptors (Lipinski definition) is 4. The van der Waals surface area contributed by atoms with Crippen LogP contribution in [-0.2, 0) is 4.74 Å². The Balaban J connectivity index is 0.00000300. The van der Waals surface area contributed by atoms with E-state index >= 15 is 0 Å². The first kappa shape index (κ1) is 24.2. The highest BCUT2D eigenvalue weighted by atomic mass is 127. The van der Waals surface area contributed by atoms with Crippen LogP contribution in [0.1, 0.15) is 38.8 Å². The highest BCUT2D eigenvalue weighted by Gasteiger charge is 2.31. The standard InChI is InChI=1S/C22H36N4O2.HI/c1-5-23-21(26-11-10-22(2,3)17-26)24-16-20(25-12-14-28-15-13-25)18-6-8-19(27-4)9-7-18;/h6-9,20H,5,10-17H2,1-4H3,(H,23,24);1H. The molecule has 0 spiro atoms. The molecule has 1 N–H and O–H groups in total. The Morgan fingerprint density at radius 3 is 2.45 bits per heavy atom. The number of benzene rings is 1. The Morgan fingerprint density at radius 2 is 1.90 bits per heavy atom. The molecule has 0 aliphatic carbocycles. The summed E-state index contributed by atoms with van der Waals surface area (Å²) in [7, 11) is 1.71. The Labute approximate surface area is 193 Å². The summed E-state index contributed by atoms with van der Waals surface area (Å²) in [4.78, 5) is 9.98. The first-order chi connectivity index (χ1) is 13.5. The summed E-state index contributed by atoms with van der Waals surface area (Å²) >= 11 is 0. The van der Waals surface area contributed by atoms with E-state index in [1.165, 1.54) is 12.0 Å². The average Bonchev–Trinajstić information content (AvgIpc) is 3.08. The molecule has 0 radical (unpaired) electrons. The molecule has 0 aromatic heterocycles. The molecule has 1 atom stereocenters. The van der Waals surface area contributed by atoms with Crippen molar-refractivity contribution in [3.8, 4) is 5.75 Å². The first-order valence-electron chi connectivity index (χ1n) is 10.5. The molecule has 2 aliphatic heterocycles. The lowest BCUT2D eigenvalue weighted by Crippen LogP contribution is -2.43. The van der Waals surface area contributed by atoms with Gasteiger partial charge in [0.25, 0.3) is 0 Å². The van der Waals surface area contributed by atoms with E-state index in [4.69, 9.17) is 14.5 Å². The van der Waals surface area contributed by atoms with Gasteiger partial charge in [-0.15, -0.1) is 24.0 Å². The van der Waals surface area contributed by atoms with E-state index in [2.05, 4.69) is 48.0 Å². The summed E-state index contributed by atoms with van der Waals surface area (Å²) in [5.74, 6) is 1.93. The molecule has 0 bridgehead atoms. The highest BCUT2D eigenvalue weighted by molar-refractivity contribution is 14.0.